The van der Waals surface area contributed by atoms with E-state index in [1.165, 1.54) is 11.1 Å². The first kappa shape index (κ1) is 11.7. The Hall–Kier alpha value is -2.37. The molecule has 3 rings (SSSR count). The molecule has 0 radical (unpaired) electrons. The summed E-state index contributed by atoms with van der Waals surface area (Å²) in [6.45, 7) is 3.09. The molecular weight excluding hydrogens is 242 g/mol. The Balaban J connectivity index is 1.98. The summed E-state index contributed by atoms with van der Waals surface area (Å²) in [7, 11) is 0. The van der Waals surface area contributed by atoms with Gasteiger partial charge in [0, 0.05) is 13.1 Å². The molecule has 0 unspecified atom stereocenters. The average Bonchev–Trinajstić information content (AvgIpc) is 2.44. The number of nitrogens with two attached hydrogens (primary N) is 1. The highest BCUT2D eigenvalue weighted by molar-refractivity contribution is 5.39. The van der Waals surface area contributed by atoms with E-state index in [1.807, 2.05) is 17.0 Å². The Morgan fingerprint density at radius 3 is 2.74 bits per heavy atom. The van der Waals surface area contributed by atoms with Crippen molar-refractivity contribution in [3.63, 3.8) is 0 Å². The summed E-state index contributed by atoms with van der Waals surface area (Å²) in [5, 5.41) is 7.91. The zero-order valence-corrected chi connectivity index (χ0v) is 10.7. The summed E-state index contributed by atoms with van der Waals surface area (Å²) in [5.41, 5.74) is 2.58. The first-order valence-electron chi connectivity index (χ1n) is 6.20. The molecule has 2 aromatic rings. The second-order valence-electron chi connectivity index (χ2n) is 4.70. The van der Waals surface area contributed by atoms with Crippen LogP contribution in [0.15, 0.2) is 29.1 Å². The van der Waals surface area contributed by atoms with E-state index >= 15 is 0 Å². The maximum atomic E-state index is 11.8. The molecule has 1 aliphatic heterocycles. The fraction of sp³-hybridized carbons (Fsp3) is 0.308. The third-order valence-electron chi connectivity index (χ3n) is 3.45. The molecule has 19 heavy (non-hydrogen) atoms. The fourth-order valence-corrected chi connectivity index (χ4v) is 2.36. The standard InChI is InChI=1S/C13H15N5O/c1-9-12(19)18(14)13(16-15-9)17-7-6-10-4-2-3-5-11(10)8-17/h2-5H,6-8,14H2,1H3. The van der Waals surface area contributed by atoms with Gasteiger partial charge in [-0.15, -0.1) is 10.2 Å². The lowest BCUT2D eigenvalue weighted by Gasteiger charge is -2.29. The van der Waals surface area contributed by atoms with Gasteiger partial charge in [-0.05, 0) is 24.5 Å². The van der Waals surface area contributed by atoms with Crippen LogP contribution in [0, 0.1) is 6.92 Å². The fourth-order valence-electron chi connectivity index (χ4n) is 2.36. The van der Waals surface area contributed by atoms with Crippen molar-refractivity contribution < 1.29 is 0 Å². The zero-order valence-electron chi connectivity index (χ0n) is 10.7. The van der Waals surface area contributed by atoms with E-state index in [9.17, 15) is 4.79 Å². The minimum absolute atomic E-state index is 0.302. The minimum atomic E-state index is -0.302. The topological polar surface area (TPSA) is 77.0 Å². The van der Waals surface area contributed by atoms with Crippen LogP contribution < -0.4 is 16.3 Å². The molecular formula is C13H15N5O. The van der Waals surface area contributed by atoms with Gasteiger partial charge in [0.1, 0.15) is 5.69 Å². The van der Waals surface area contributed by atoms with Crippen LogP contribution in [0.5, 0.6) is 0 Å². The van der Waals surface area contributed by atoms with Gasteiger partial charge < -0.3 is 10.7 Å². The quantitative estimate of drug-likeness (QED) is 0.740. The molecule has 6 heteroatoms. The second-order valence-corrected chi connectivity index (χ2v) is 4.70. The van der Waals surface area contributed by atoms with E-state index < -0.39 is 0 Å². The van der Waals surface area contributed by atoms with Crippen molar-refractivity contribution in [3.05, 3.63) is 51.4 Å². The number of hydrogen-bond donors (Lipinski definition) is 1. The highest BCUT2D eigenvalue weighted by Gasteiger charge is 2.20. The van der Waals surface area contributed by atoms with E-state index in [1.54, 1.807) is 6.92 Å². The molecule has 0 amide bonds. The molecule has 1 aliphatic rings. The maximum absolute atomic E-state index is 11.8. The van der Waals surface area contributed by atoms with Crippen LogP contribution >= 0.6 is 0 Å². The number of hydrogen-bond acceptors (Lipinski definition) is 5. The molecule has 98 valence electrons. The van der Waals surface area contributed by atoms with Crippen LogP contribution in [0.2, 0.25) is 0 Å². The first-order valence-corrected chi connectivity index (χ1v) is 6.20. The molecule has 2 N–H and O–H groups in total. The summed E-state index contributed by atoms with van der Waals surface area (Å²) >= 11 is 0. The number of benzene rings is 1. The Morgan fingerprint density at radius 1 is 1.21 bits per heavy atom. The first-order chi connectivity index (χ1) is 9.16. The summed E-state index contributed by atoms with van der Waals surface area (Å²) in [5.74, 6) is 6.22. The highest BCUT2D eigenvalue weighted by atomic mass is 16.1. The molecule has 2 heterocycles. The number of aromatic nitrogens is 3. The lowest BCUT2D eigenvalue weighted by Crippen LogP contribution is -2.40. The van der Waals surface area contributed by atoms with Crippen molar-refractivity contribution in [2.24, 2.45) is 0 Å². The molecule has 6 nitrogen and oxygen atoms in total. The lowest BCUT2D eigenvalue weighted by molar-refractivity contribution is 0.660. The molecule has 0 aliphatic carbocycles. The third-order valence-corrected chi connectivity index (χ3v) is 3.45. The van der Waals surface area contributed by atoms with Crippen molar-refractivity contribution in [1.29, 1.82) is 0 Å². The third kappa shape index (κ3) is 1.95. The van der Waals surface area contributed by atoms with Crippen molar-refractivity contribution in [1.82, 2.24) is 14.9 Å². The van der Waals surface area contributed by atoms with Gasteiger partial charge in [0.2, 0.25) is 5.95 Å². The maximum Gasteiger partial charge on any atom is 0.295 e. The van der Waals surface area contributed by atoms with Gasteiger partial charge in [-0.3, -0.25) is 4.79 Å². The lowest BCUT2D eigenvalue weighted by atomic mass is 10.0. The largest absolute Gasteiger partial charge is 0.335 e. The Morgan fingerprint density at radius 2 is 1.95 bits per heavy atom. The molecule has 0 spiro atoms. The number of nitrogens with zero attached hydrogens (tertiary/aromatic N) is 4. The van der Waals surface area contributed by atoms with E-state index in [-0.39, 0.29) is 5.56 Å². The summed E-state index contributed by atoms with van der Waals surface area (Å²) in [4.78, 5) is 13.8. The highest BCUT2D eigenvalue weighted by Crippen LogP contribution is 2.21. The Kier molecular flexibility index (Phi) is 2.70. The van der Waals surface area contributed by atoms with Crippen molar-refractivity contribution >= 4 is 5.95 Å². The van der Waals surface area contributed by atoms with Crippen LogP contribution in [-0.2, 0) is 13.0 Å². The number of nitrogen functional groups attached to an aromatic ring is 1. The smallest absolute Gasteiger partial charge is 0.295 e. The predicted octanol–water partition coefficient (Wildman–Crippen LogP) is 0.223. The molecule has 0 fully saturated rings. The van der Waals surface area contributed by atoms with Gasteiger partial charge >= 0.3 is 0 Å². The molecule has 0 saturated heterocycles. The van der Waals surface area contributed by atoms with Crippen LogP contribution in [0.3, 0.4) is 0 Å². The van der Waals surface area contributed by atoms with Gasteiger partial charge in [0.05, 0.1) is 0 Å². The molecule has 0 saturated carbocycles. The molecule has 1 aromatic heterocycles. The van der Waals surface area contributed by atoms with Gasteiger partial charge in [0.15, 0.2) is 0 Å². The van der Waals surface area contributed by atoms with Gasteiger partial charge in [0.25, 0.3) is 5.56 Å². The predicted molar refractivity (Wildman–Crippen MR) is 72.4 cm³/mol. The zero-order chi connectivity index (χ0) is 13.4. The van der Waals surface area contributed by atoms with Crippen LogP contribution in [0.25, 0.3) is 0 Å². The van der Waals surface area contributed by atoms with Crippen molar-refractivity contribution in [2.45, 2.75) is 19.9 Å². The number of rotatable bonds is 1. The van der Waals surface area contributed by atoms with E-state index in [2.05, 4.69) is 22.3 Å². The second kappa shape index (κ2) is 4.38. The normalized spacial score (nSPS) is 14.3. The molecule has 0 atom stereocenters. The van der Waals surface area contributed by atoms with Gasteiger partial charge in [-0.25, -0.2) is 0 Å². The number of anilines is 1. The monoisotopic (exact) mass is 257 g/mol. The van der Waals surface area contributed by atoms with Gasteiger partial charge in [-0.1, -0.05) is 24.3 Å². The van der Waals surface area contributed by atoms with Crippen LogP contribution in [-0.4, -0.2) is 21.4 Å². The summed E-state index contributed by atoms with van der Waals surface area (Å²) in [6.07, 6.45) is 0.917. The summed E-state index contributed by atoms with van der Waals surface area (Å²) < 4.78 is 1.08. The van der Waals surface area contributed by atoms with Crippen LogP contribution in [0.4, 0.5) is 5.95 Å². The minimum Gasteiger partial charge on any atom is -0.335 e. The van der Waals surface area contributed by atoms with E-state index in [0.717, 1.165) is 17.6 Å². The van der Waals surface area contributed by atoms with E-state index in [0.29, 0.717) is 18.2 Å². The van der Waals surface area contributed by atoms with Gasteiger partial charge in [-0.2, -0.15) is 4.68 Å². The van der Waals surface area contributed by atoms with E-state index in [4.69, 9.17) is 5.84 Å². The van der Waals surface area contributed by atoms with Crippen LogP contribution in [0.1, 0.15) is 16.8 Å². The average molecular weight is 257 g/mol. The molecule has 0 bridgehead atoms. The Bertz CT molecular complexity index is 679. The molecule has 1 aromatic carbocycles. The summed E-state index contributed by atoms with van der Waals surface area (Å²) in [6, 6.07) is 8.27. The van der Waals surface area contributed by atoms with Crippen molar-refractivity contribution in [3.8, 4) is 0 Å². The number of fused-ring (bicyclic) bond motifs is 1. The van der Waals surface area contributed by atoms with Crippen molar-refractivity contribution in [2.75, 3.05) is 17.3 Å². The SMILES string of the molecule is Cc1nnc(N2CCc3ccccc3C2)n(N)c1=O. The Labute approximate surface area is 110 Å². The number of aryl methyl sites for hydroxylation is 1.